The van der Waals surface area contributed by atoms with Gasteiger partial charge in [-0.25, -0.2) is 10.5 Å². The van der Waals surface area contributed by atoms with Gasteiger partial charge in [-0.15, -0.1) is 0 Å². The lowest BCUT2D eigenvalue weighted by Crippen LogP contribution is -2.29. The zero-order chi connectivity index (χ0) is 30.5. The van der Waals surface area contributed by atoms with Crippen LogP contribution in [0.4, 0.5) is 17.6 Å². The zero-order valence-corrected chi connectivity index (χ0v) is 23.3. The summed E-state index contributed by atoms with van der Waals surface area (Å²) in [5, 5.41) is 22.3. The number of nitrogen functional groups attached to an aromatic ring is 2. The van der Waals surface area contributed by atoms with E-state index in [4.69, 9.17) is 21.7 Å². The van der Waals surface area contributed by atoms with Crippen LogP contribution in [0.1, 0.15) is 52.3 Å². The maximum atomic E-state index is 14.3. The van der Waals surface area contributed by atoms with Gasteiger partial charge in [0.25, 0.3) is 11.5 Å². The molecule has 216 valence electrons. The number of hydrogen-bond donors (Lipinski definition) is 5. The van der Waals surface area contributed by atoms with Crippen molar-refractivity contribution in [1.29, 1.82) is 5.26 Å². The Hall–Kier alpha value is -5.80. The summed E-state index contributed by atoms with van der Waals surface area (Å²) >= 11 is 0. The third-order valence-electron chi connectivity index (χ3n) is 7.12. The smallest absolute Gasteiger partial charge is 0.274 e. The van der Waals surface area contributed by atoms with Crippen LogP contribution in [0.2, 0.25) is 0 Å². The van der Waals surface area contributed by atoms with Crippen LogP contribution in [0.25, 0.3) is 16.6 Å². The van der Waals surface area contributed by atoms with E-state index in [2.05, 4.69) is 15.3 Å². The van der Waals surface area contributed by atoms with E-state index < -0.39 is 11.9 Å². The number of carbonyl (C=O) groups excluding carboxylic acids is 1. The third-order valence-corrected chi connectivity index (χ3v) is 7.12. The largest absolute Gasteiger partial charge is 0.382 e. The first kappa shape index (κ1) is 28.7. The number of anilines is 3. The number of para-hydroxylation sites is 1. The number of hydroxylamine groups is 1. The van der Waals surface area contributed by atoms with Crippen molar-refractivity contribution in [2.24, 2.45) is 0 Å². The van der Waals surface area contributed by atoms with Crippen molar-refractivity contribution in [2.45, 2.75) is 32.2 Å². The monoisotopic (exact) mass is 575 g/mol. The lowest BCUT2D eigenvalue weighted by molar-refractivity contribution is 0.0706. The summed E-state index contributed by atoms with van der Waals surface area (Å²) < 4.78 is 1.58. The molecule has 0 spiro atoms. The average molecular weight is 576 g/mol. The van der Waals surface area contributed by atoms with Gasteiger partial charge in [0.1, 0.15) is 23.3 Å². The number of nitriles is 1. The number of carbonyl (C=O) groups is 1. The minimum atomic E-state index is -0.584. The van der Waals surface area contributed by atoms with Crippen molar-refractivity contribution < 1.29 is 10.0 Å². The normalized spacial score (nSPS) is 11.6. The number of rotatable bonds is 9. The molecule has 0 saturated carbocycles. The highest BCUT2D eigenvalue weighted by Gasteiger charge is 2.23. The second-order valence-electron chi connectivity index (χ2n) is 9.80. The molecule has 1 amide bonds. The van der Waals surface area contributed by atoms with Gasteiger partial charge < -0.3 is 16.8 Å². The highest BCUT2D eigenvalue weighted by molar-refractivity contribution is 5.93. The van der Waals surface area contributed by atoms with E-state index in [0.717, 1.165) is 11.1 Å². The molecule has 3 aromatic carbocycles. The Balaban J connectivity index is 1.60. The maximum Gasteiger partial charge on any atom is 0.274 e. The highest BCUT2D eigenvalue weighted by Crippen LogP contribution is 2.28. The van der Waals surface area contributed by atoms with Crippen LogP contribution in [0.3, 0.4) is 0 Å². The minimum absolute atomic E-state index is 0.0461. The van der Waals surface area contributed by atoms with Crippen molar-refractivity contribution in [2.75, 3.05) is 16.8 Å². The Morgan fingerprint density at radius 2 is 1.74 bits per heavy atom. The summed E-state index contributed by atoms with van der Waals surface area (Å²) in [7, 11) is 0. The Morgan fingerprint density at radius 3 is 2.42 bits per heavy atom. The maximum absolute atomic E-state index is 14.3. The summed E-state index contributed by atoms with van der Waals surface area (Å²) in [6, 6.07) is 23.2. The minimum Gasteiger partial charge on any atom is -0.382 e. The second kappa shape index (κ2) is 12.4. The molecule has 0 aliphatic rings. The van der Waals surface area contributed by atoms with E-state index in [-0.39, 0.29) is 28.7 Å². The lowest BCUT2D eigenvalue weighted by Gasteiger charge is -2.23. The average Bonchev–Trinajstić information content (AvgIpc) is 3.02. The predicted octanol–water partition coefficient (Wildman–Crippen LogP) is 3.68. The molecule has 1 atom stereocenters. The number of fused-ring (bicyclic) bond motifs is 1. The molecule has 12 heteroatoms. The highest BCUT2D eigenvalue weighted by atomic mass is 16.5. The van der Waals surface area contributed by atoms with Crippen LogP contribution in [-0.4, -0.2) is 30.6 Å². The molecule has 5 rings (SSSR count). The molecule has 0 fully saturated rings. The van der Waals surface area contributed by atoms with Crippen molar-refractivity contribution in [3.63, 3.8) is 0 Å². The van der Waals surface area contributed by atoms with Crippen LogP contribution in [-0.2, 0) is 12.8 Å². The third kappa shape index (κ3) is 5.83. The quantitative estimate of drug-likeness (QED) is 0.128. The van der Waals surface area contributed by atoms with Crippen molar-refractivity contribution in [1.82, 2.24) is 25.0 Å². The van der Waals surface area contributed by atoms with Gasteiger partial charge in [0.2, 0.25) is 5.95 Å². The second-order valence-corrected chi connectivity index (χ2v) is 9.80. The first-order chi connectivity index (χ1) is 20.8. The number of amides is 1. The van der Waals surface area contributed by atoms with Gasteiger partial charge in [0.05, 0.1) is 22.6 Å². The Bertz CT molecular complexity index is 1900. The Labute approximate surface area is 246 Å². The fourth-order valence-corrected chi connectivity index (χ4v) is 4.98. The molecule has 0 aliphatic carbocycles. The van der Waals surface area contributed by atoms with Crippen molar-refractivity contribution in [3.05, 3.63) is 111 Å². The predicted molar refractivity (Wildman–Crippen MR) is 163 cm³/mol. The zero-order valence-electron chi connectivity index (χ0n) is 23.3. The van der Waals surface area contributed by atoms with E-state index in [1.54, 1.807) is 28.2 Å². The molecular formula is C31H29N9O3. The Kier molecular flexibility index (Phi) is 8.27. The standard InChI is InChI=1S/C31H29N9O3/c1-2-23(35-27-22(17-32)26(33)37-31(34)38-27)28-36-24-10-6-7-19(14-11-18-12-15-20(16-13-18)29(41)39-43)25(24)30(42)40(28)21-8-4-3-5-9-21/h3-10,12-13,15-16,23,43H,2,11,14H2,1H3,(H,39,41)(H5,33,34,35,37,38)/t23-/m0/s1. The van der Waals surface area contributed by atoms with Gasteiger partial charge in [-0.05, 0) is 60.7 Å². The first-order valence-corrected chi connectivity index (χ1v) is 13.6. The molecule has 7 N–H and O–H groups in total. The van der Waals surface area contributed by atoms with Crippen LogP contribution in [0.15, 0.2) is 77.6 Å². The van der Waals surface area contributed by atoms with E-state index in [9.17, 15) is 14.9 Å². The molecule has 0 aliphatic heterocycles. The number of nitrogens with one attached hydrogen (secondary N) is 2. The van der Waals surface area contributed by atoms with Crippen LogP contribution < -0.4 is 27.8 Å². The van der Waals surface area contributed by atoms with Gasteiger partial charge in [-0.3, -0.25) is 19.4 Å². The molecule has 0 unspecified atom stereocenters. The van der Waals surface area contributed by atoms with Crippen molar-refractivity contribution >= 4 is 34.4 Å². The molecule has 43 heavy (non-hydrogen) atoms. The van der Waals surface area contributed by atoms with Gasteiger partial charge >= 0.3 is 0 Å². The summed E-state index contributed by atoms with van der Waals surface area (Å²) in [4.78, 5) is 39.1. The molecule has 0 radical (unpaired) electrons. The number of nitrogens with two attached hydrogens (primary N) is 2. The first-order valence-electron chi connectivity index (χ1n) is 13.6. The number of benzene rings is 3. The number of aryl methyl sites for hydroxylation is 2. The molecular weight excluding hydrogens is 546 g/mol. The lowest BCUT2D eigenvalue weighted by atomic mass is 10.00. The molecule has 0 saturated heterocycles. The molecule has 2 aromatic heterocycles. The van der Waals surface area contributed by atoms with E-state index in [1.165, 1.54) is 0 Å². The Morgan fingerprint density at radius 1 is 1.00 bits per heavy atom. The molecule has 5 aromatic rings. The van der Waals surface area contributed by atoms with Gasteiger partial charge in [-0.2, -0.15) is 15.2 Å². The number of nitrogens with zero attached hydrogens (tertiary/aromatic N) is 5. The van der Waals surface area contributed by atoms with Crippen LogP contribution in [0, 0.1) is 11.3 Å². The summed E-state index contributed by atoms with van der Waals surface area (Å²) in [5.74, 6) is -0.128. The van der Waals surface area contributed by atoms with Gasteiger partial charge in [-0.1, -0.05) is 49.4 Å². The number of hydrogen-bond acceptors (Lipinski definition) is 10. The number of aromatic nitrogens is 4. The van der Waals surface area contributed by atoms with E-state index >= 15 is 0 Å². The summed E-state index contributed by atoms with van der Waals surface area (Å²) in [5.41, 5.74) is 16.5. The van der Waals surface area contributed by atoms with Gasteiger partial charge in [0.15, 0.2) is 5.82 Å². The fourth-order valence-electron chi connectivity index (χ4n) is 4.98. The van der Waals surface area contributed by atoms with E-state index in [0.29, 0.717) is 47.2 Å². The summed E-state index contributed by atoms with van der Waals surface area (Å²) in [6.45, 7) is 1.93. The van der Waals surface area contributed by atoms with Gasteiger partial charge in [0, 0.05) is 5.56 Å². The van der Waals surface area contributed by atoms with Crippen LogP contribution >= 0.6 is 0 Å². The van der Waals surface area contributed by atoms with Crippen molar-refractivity contribution in [3.8, 4) is 11.8 Å². The fraction of sp³-hybridized carbons (Fsp3) is 0.161. The summed E-state index contributed by atoms with van der Waals surface area (Å²) in [6.07, 6.45) is 1.65. The molecule has 0 bridgehead atoms. The van der Waals surface area contributed by atoms with Crippen LogP contribution in [0.5, 0.6) is 0 Å². The van der Waals surface area contributed by atoms with E-state index in [1.807, 2.05) is 67.6 Å². The molecule has 12 nitrogen and oxygen atoms in total. The topological polar surface area (TPSA) is 198 Å². The molecule has 2 heterocycles. The SMILES string of the molecule is CC[C@H](Nc1nc(N)nc(N)c1C#N)c1nc2cccc(CCc3ccc(C(=O)NO)cc3)c2c(=O)n1-c1ccccc1.